The summed E-state index contributed by atoms with van der Waals surface area (Å²) in [5.41, 5.74) is 12.6. The lowest BCUT2D eigenvalue weighted by molar-refractivity contribution is 0.489. The zero-order valence-electron chi connectivity index (χ0n) is 32.2. The summed E-state index contributed by atoms with van der Waals surface area (Å²) in [6, 6.07) is 69.2. The van der Waals surface area contributed by atoms with E-state index in [1.165, 1.54) is 0 Å². The molecule has 0 saturated carbocycles. The first-order valence-electron chi connectivity index (χ1n) is 20.1. The average Bonchev–Trinajstić information content (AvgIpc) is 3.70. The van der Waals surface area contributed by atoms with Crippen molar-refractivity contribution in [2.45, 2.75) is 0 Å². The maximum atomic E-state index is 6.98. The summed E-state index contributed by atoms with van der Waals surface area (Å²) in [6.07, 6.45) is 0. The first-order chi connectivity index (χ1) is 29.7. The molecule has 0 saturated heterocycles. The molecular weight excluding hydrogens is 735 g/mol. The number of furan rings is 1. The fraction of sp³-hybridized carbons (Fsp3) is 0. The molecule has 0 atom stereocenters. The van der Waals surface area contributed by atoms with E-state index >= 15 is 0 Å². The Morgan fingerprint density at radius 2 is 0.917 bits per heavy atom. The third-order valence-corrected chi connectivity index (χ3v) is 11.5. The van der Waals surface area contributed by atoms with Gasteiger partial charge < -0.3 is 9.15 Å². The molecular formula is C55H33N3O2. The lowest BCUT2D eigenvalue weighted by Crippen LogP contribution is -2.03. The molecule has 2 aromatic heterocycles. The molecule has 0 unspecified atom stereocenters. The largest absolute Gasteiger partial charge is 0.456 e. The van der Waals surface area contributed by atoms with Gasteiger partial charge in [-0.05, 0) is 69.6 Å². The van der Waals surface area contributed by atoms with E-state index in [0.717, 1.165) is 105 Å². The Hall–Kier alpha value is -8.15. The number of ether oxygens (including phenoxy) is 1. The summed E-state index contributed by atoms with van der Waals surface area (Å²) in [6.45, 7) is 0. The summed E-state index contributed by atoms with van der Waals surface area (Å²) in [5.74, 6) is 3.35. The molecule has 3 heterocycles. The number of nitrogens with zero attached hydrogens (tertiary/aromatic N) is 3. The maximum Gasteiger partial charge on any atom is 0.164 e. The Balaban J connectivity index is 1.16. The van der Waals surface area contributed by atoms with Crippen molar-refractivity contribution in [1.82, 2.24) is 15.0 Å². The molecule has 9 aromatic carbocycles. The van der Waals surface area contributed by atoms with E-state index in [2.05, 4.69) is 140 Å². The van der Waals surface area contributed by atoms with Crippen LogP contribution < -0.4 is 4.74 Å². The summed E-state index contributed by atoms with van der Waals surface area (Å²) in [7, 11) is 0. The number of para-hydroxylation sites is 2. The van der Waals surface area contributed by atoms with Crippen LogP contribution in [0.15, 0.2) is 205 Å². The average molecular weight is 768 g/mol. The number of rotatable bonds is 6. The smallest absolute Gasteiger partial charge is 0.164 e. The van der Waals surface area contributed by atoms with Crippen molar-refractivity contribution in [1.29, 1.82) is 0 Å². The molecule has 0 bridgehead atoms. The van der Waals surface area contributed by atoms with Crippen LogP contribution in [0.3, 0.4) is 0 Å². The van der Waals surface area contributed by atoms with Gasteiger partial charge in [-0.1, -0.05) is 164 Å². The van der Waals surface area contributed by atoms with Gasteiger partial charge in [0.15, 0.2) is 17.5 Å². The van der Waals surface area contributed by atoms with Crippen molar-refractivity contribution >= 4 is 32.7 Å². The molecule has 0 spiro atoms. The molecule has 0 N–H and O–H groups in total. The second-order valence-corrected chi connectivity index (χ2v) is 15.1. The standard InChI is InChI=1S/C55H33N3O2/c1-4-15-34(16-5-1)39-31-45(44-26-14-25-43-42-24-12-21-36-22-13-28-48(51(36)42)60-52(43)44)50(35-17-6-2-7-18-35)46(32-39)55-57-53(37-19-8-3-9-20-37)56-54(58-55)38-29-30-41-40-23-10-11-27-47(40)59-49(41)33-38/h1-33H. The SMILES string of the molecule is c1ccc(-c2cc(-c3nc(-c4ccccc4)nc(-c4ccc5c(c4)oc4ccccc45)n3)c(-c3ccccc3)c(-c3cccc4c3Oc3cccc5cccc-4c35)c2)cc1. The molecule has 12 rings (SSSR count). The van der Waals surface area contributed by atoms with Crippen LogP contribution in [-0.4, -0.2) is 15.0 Å². The topological polar surface area (TPSA) is 61.0 Å². The second-order valence-electron chi connectivity index (χ2n) is 15.1. The second kappa shape index (κ2) is 13.8. The summed E-state index contributed by atoms with van der Waals surface area (Å²) in [5, 5.41) is 4.40. The van der Waals surface area contributed by atoms with Crippen molar-refractivity contribution in [2.24, 2.45) is 0 Å². The molecule has 5 heteroatoms. The Morgan fingerprint density at radius 1 is 0.333 bits per heavy atom. The van der Waals surface area contributed by atoms with Crippen LogP contribution >= 0.6 is 0 Å². The Bertz CT molecular complexity index is 3450. The molecule has 280 valence electrons. The molecule has 5 nitrogen and oxygen atoms in total. The summed E-state index contributed by atoms with van der Waals surface area (Å²) in [4.78, 5) is 15.8. The van der Waals surface area contributed by atoms with Gasteiger partial charge in [-0.2, -0.15) is 0 Å². The van der Waals surface area contributed by atoms with Gasteiger partial charge in [0.05, 0.1) is 0 Å². The fourth-order valence-electron chi connectivity index (χ4n) is 8.75. The van der Waals surface area contributed by atoms with Crippen molar-refractivity contribution < 1.29 is 9.15 Å². The van der Waals surface area contributed by atoms with Gasteiger partial charge >= 0.3 is 0 Å². The number of benzene rings is 9. The minimum absolute atomic E-state index is 0.553. The fourth-order valence-corrected chi connectivity index (χ4v) is 8.75. The van der Waals surface area contributed by atoms with Gasteiger partial charge in [0, 0.05) is 49.5 Å². The Morgan fingerprint density at radius 3 is 1.70 bits per heavy atom. The number of hydrogen-bond donors (Lipinski definition) is 0. The zero-order chi connectivity index (χ0) is 39.6. The predicted molar refractivity (Wildman–Crippen MR) is 243 cm³/mol. The highest BCUT2D eigenvalue weighted by atomic mass is 16.5. The third kappa shape index (κ3) is 5.59. The molecule has 0 fully saturated rings. The minimum Gasteiger partial charge on any atom is -0.456 e. The zero-order valence-corrected chi connectivity index (χ0v) is 32.2. The number of hydrogen-bond acceptors (Lipinski definition) is 5. The normalized spacial score (nSPS) is 11.8. The van der Waals surface area contributed by atoms with Crippen molar-refractivity contribution in [3.05, 3.63) is 200 Å². The van der Waals surface area contributed by atoms with E-state index in [0.29, 0.717) is 17.5 Å². The van der Waals surface area contributed by atoms with Crippen LogP contribution in [0.1, 0.15) is 0 Å². The third-order valence-electron chi connectivity index (χ3n) is 11.5. The summed E-state index contributed by atoms with van der Waals surface area (Å²) < 4.78 is 13.3. The van der Waals surface area contributed by atoms with E-state index in [-0.39, 0.29) is 0 Å². The van der Waals surface area contributed by atoms with Gasteiger partial charge in [0.2, 0.25) is 0 Å². The predicted octanol–water partition coefficient (Wildman–Crippen LogP) is 14.7. The van der Waals surface area contributed by atoms with Gasteiger partial charge in [-0.15, -0.1) is 0 Å². The maximum absolute atomic E-state index is 6.98. The van der Waals surface area contributed by atoms with Gasteiger partial charge in [-0.3, -0.25) is 0 Å². The minimum atomic E-state index is 0.553. The van der Waals surface area contributed by atoms with E-state index < -0.39 is 0 Å². The van der Waals surface area contributed by atoms with Crippen LogP contribution in [-0.2, 0) is 0 Å². The first kappa shape index (κ1) is 33.9. The first-order valence-corrected chi connectivity index (χ1v) is 20.1. The molecule has 0 amide bonds. The number of fused-ring (bicyclic) bond motifs is 5. The highest BCUT2D eigenvalue weighted by Crippen LogP contribution is 2.53. The highest BCUT2D eigenvalue weighted by molar-refractivity contribution is 6.08. The molecule has 1 aliphatic rings. The monoisotopic (exact) mass is 767 g/mol. The van der Waals surface area contributed by atoms with Crippen molar-refractivity contribution in [2.75, 3.05) is 0 Å². The van der Waals surface area contributed by atoms with E-state index in [9.17, 15) is 0 Å². The van der Waals surface area contributed by atoms with Crippen LogP contribution in [0.2, 0.25) is 0 Å². The Labute approximate surface area is 345 Å². The van der Waals surface area contributed by atoms with Crippen LogP contribution in [0.5, 0.6) is 11.5 Å². The van der Waals surface area contributed by atoms with Crippen LogP contribution in [0.25, 0.3) is 111 Å². The molecule has 60 heavy (non-hydrogen) atoms. The quantitative estimate of drug-likeness (QED) is 0.169. The van der Waals surface area contributed by atoms with E-state index in [1.54, 1.807) is 0 Å². The lowest BCUT2D eigenvalue weighted by atomic mass is 9.84. The molecule has 0 radical (unpaired) electrons. The molecule has 0 aliphatic carbocycles. The van der Waals surface area contributed by atoms with Crippen molar-refractivity contribution in [3.8, 4) is 90.2 Å². The lowest BCUT2D eigenvalue weighted by Gasteiger charge is -2.25. The summed E-state index contributed by atoms with van der Waals surface area (Å²) >= 11 is 0. The molecule has 1 aliphatic heterocycles. The van der Waals surface area contributed by atoms with E-state index in [4.69, 9.17) is 24.1 Å². The Kier molecular flexibility index (Phi) is 7.78. The van der Waals surface area contributed by atoms with Crippen molar-refractivity contribution in [3.63, 3.8) is 0 Å². The number of aromatic nitrogens is 3. The van der Waals surface area contributed by atoms with E-state index in [1.807, 2.05) is 60.7 Å². The van der Waals surface area contributed by atoms with Crippen LogP contribution in [0, 0.1) is 0 Å². The van der Waals surface area contributed by atoms with Crippen LogP contribution in [0.4, 0.5) is 0 Å². The van der Waals surface area contributed by atoms with Gasteiger partial charge in [-0.25, -0.2) is 15.0 Å². The molecule has 11 aromatic rings. The van der Waals surface area contributed by atoms with Gasteiger partial charge in [0.1, 0.15) is 22.7 Å². The highest BCUT2D eigenvalue weighted by Gasteiger charge is 2.27. The van der Waals surface area contributed by atoms with Gasteiger partial charge in [0.25, 0.3) is 0 Å².